The molecular formula is C102H65N3Si. The third kappa shape index (κ3) is 6.51. The first kappa shape index (κ1) is 57.6. The Labute approximate surface area is 617 Å². The van der Waals surface area contributed by atoms with Crippen molar-refractivity contribution in [2.75, 3.05) is 14.7 Å². The average Bonchev–Trinajstić information content (AvgIpc) is 0.927. The summed E-state index contributed by atoms with van der Waals surface area (Å²) >= 11 is 0. The van der Waals surface area contributed by atoms with Crippen molar-refractivity contribution < 1.29 is 0 Å². The highest BCUT2D eigenvalue weighted by Gasteiger charge is 2.62. The van der Waals surface area contributed by atoms with E-state index in [0.29, 0.717) is 0 Å². The fourth-order valence-electron chi connectivity index (χ4n) is 22.8. The summed E-state index contributed by atoms with van der Waals surface area (Å²) in [6.07, 6.45) is 0. The molecule has 25 rings (SSSR count). The largest absolute Gasteiger partial charge is 0.310 e. The van der Waals surface area contributed by atoms with Crippen molar-refractivity contribution in [2.24, 2.45) is 0 Å². The molecule has 0 amide bonds. The monoisotopic (exact) mass is 1360 g/mol. The van der Waals surface area contributed by atoms with Crippen LogP contribution in [-0.4, -0.2) is 8.07 Å². The normalized spacial score (nSPS) is 15.7. The lowest BCUT2D eigenvalue weighted by Gasteiger charge is -2.56. The number of nitrogens with zero attached hydrogens (tertiary/aromatic N) is 3. The summed E-state index contributed by atoms with van der Waals surface area (Å²) in [7, 11) is -3.54. The zero-order valence-electron chi connectivity index (χ0n) is 58.7. The van der Waals surface area contributed by atoms with E-state index in [1.165, 1.54) is 205 Å². The number of hydrogen-bond donors (Lipinski definition) is 0. The number of anilines is 9. The molecule has 3 aliphatic heterocycles. The molecule has 106 heavy (non-hydrogen) atoms. The van der Waals surface area contributed by atoms with Crippen molar-refractivity contribution in [1.82, 2.24) is 0 Å². The summed E-state index contributed by atoms with van der Waals surface area (Å²) in [5.74, 6) is 0. The van der Waals surface area contributed by atoms with Crippen LogP contribution in [0, 0.1) is 20.8 Å². The highest BCUT2D eigenvalue weighted by molar-refractivity contribution is 7.24. The molecular weight excluding hydrogens is 1300 g/mol. The van der Waals surface area contributed by atoms with E-state index in [0.717, 1.165) is 17.1 Å². The minimum atomic E-state index is -3.54. The van der Waals surface area contributed by atoms with Gasteiger partial charge in [0.25, 0.3) is 0 Å². The zero-order chi connectivity index (χ0) is 69.4. The van der Waals surface area contributed by atoms with Crippen LogP contribution in [0.1, 0.15) is 83.5 Å². The number of aryl methyl sites for hydroxylation is 3. The van der Waals surface area contributed by atoms with Crippen LogP contribution in [0.2, 0.25) is 0 Å². The van der Waals surface area contributed by atoms with E-state index in [1.54, 1.807) is 0 Å². The second-order valence-electron chi connectivity index (χ2n) is 31.0. The number of rotatable bonds is 4. The lowest BCUT2D eigenvalue weighted by molar-refractivity contribution is 0.793. The van der Waals surface area contributed by atoms with Crippen molar-refractivity contribution in [1.29, 1.82) is 0 Å². The minimum absolute atomic E-state index is 0.555. The van der Waals surface area contributed by atoms with E-state index in [9.17, 15) is 0 Å². The Morgan fingerprint density at radius 1 is 0.189 bits per heavy atom. The van der Waals surface area contributed by atoms with Gasteiger partial charge in [0.05, 0.1) is 16.2 Å². The topological polar surface area (TPSA) is 9.72 Å². The molecule has 3 heterocycles. The van der Waals surface area contributed by atoms with Crippen molar-refractivity contribution in [3.63, 3.8) is 0 Å². The molecule has 9 aliphatic rings. The molecule has 4 heteroatoms. The van der Waals surface area contributed by atoms with E-state index in [-0.39, 0.29) is 0 Å². The molecule has 6 aliphatic carbocycles. The maximum absolute atomic E-state index is 3.54. The third-order valence-corrected chi connectivity index (χ3v) is 31.2. The molecule has 0 aromatic heterocycles. The van der Waals surface area contributed by atoms with Gasteiger partial charge in [-0.05, 0) is 249 Å². The average molecular weight is 1360 g/mol. The summed E-state index contributed by atoms with van der Waals surface area (Å²) in [4.78, 5) is 8.24. The Bertz CT molecular complexity index is 5870. The van der Waals surface area contributed by atoms with Crippen LogP contribution >= 0.6 is 0 Å². The summed E-state index contributed by atoms with van der Waals surface area (Å²) < 4.78 is 0. The lowest BCUT2D eigenvalue weighted by Crippen LogP contribution is -2.81. The van der Waals surface area contributed by atoms with Gasteiger partial charge in [-0.25, -0.2) is 0 Å². The lowest BCUT2D eigenvalue weighted by atomic mass is 9.70. The van der Waals surface area contributed by atoms with Gasteiger partial charge in [-0.15, -0.1) is 0 Å². The Kier molecular flexibility index (Phi) is 10.8. The van der Waals surface area contributed by atoms with Crippen LogP contribution in [0.25, 0.3) is 66.8 Å². The molecule has 0 saturated heterocycles. The number of fused-ring (bicyclic) bond motifs is 30. The maximum atomic E-state index is 2.75. The minimum Gasteiger partial charge on any atom is -0.310 e. The van der Waals surface area contributed by atoms with Crippen molar-refractivity contribution in [3.8, 4) is 66.8 Å². The Balaban J connectivity index is 0.816. The first-order valence-corrected chi connectivity index (χ1v) is 39.5. The first-order chi connectivity index (χ1) is 52.3. The summed E-state index contributed by atoms with van der Waals surface area (Å²) in [6, 6.07) is 133. The predicted molar refractivity (Wildman–Crippen MR) is 438 cm³/mol. The summed E-state index contributed by atoms with van der Waals surface area (Å²) in [6.45, 7) is 7.05. The molecule has 16 aromatic rings. The van der Waals surface area contributed by atoms with Crippen LogP contribution in [-0.2, 0) is 16.2 Å². The van der Waals surface area contributed by atoms with Gasteiger partial charge in [0.15, 0.2) is 8.07 Å². The molecule has 492 valence electrons. The fourth-order valence-corrected chi connectivity index (χ4v) is 28.6. The summed E-state index contributed by atoms with van der Waals surface area (Å²) in [5.41, 5.74) is 44.4. The van der Waals surface area contributed by atoms with Gasteiger partial charge < -0.3 is 14.7 Å². The van der Waals surface area contributed by atoms with Gasteiger partial charge in [-0.1, -0.05) is 267 Å². The smallest absolute Gasteiger partial charge is 0.194 e. The molecule has 0 N–H and O–H groups in total. The molecule has 16 aromatic carbocycles. The molecule has 0 atom stereocenters. The van der Waals surface area contributed by atoms with E-state index in [4.69, 9.17) is 0 Å². The zero-order valence-corrected chi connectivity index (χ0v) is 59.7. The Morgan fingerprint density at radius 3 is 0.594 bits per heavy atom. The molecule has 3 nitrogen and oxygen atoms in total. The molecule has 3 spiro atoms. The summed E-state index contributed by atoms with van der Waals surface area (Å²) in [5, 5.41) is 5.61. The van der Waals surface area contributed by atoms with Crippen molar-refractivity contribution in [3.05, 3.63) is 423 Å². The van der Waals surface area contributed by atoms with Gasteiger partial charge in [0.1, 0.15) is 0 Å². The van der Waals surface area contributed by atoms with E-state index in [2.05, 4.69) is 375 Å². The molecule has 0 bridgehead atoms. The molecule has 0 unspecified atom stereocenters. The van der Waals surface area contributed by atoms with E-state index < -0.39 is 24.3 Å². The van der Waals surface area contributed by atoms with Crippen LogP contribution in [0.5, 0.6) is 0 Å². The van der Waals surface area contributed by atoms with Crippen molar-refractivity contribution >= 4 is 80.0 Å². The Morgan fingerprint density at radius 2 is 0.377 bits per heavy atom. The number of benzene rings is 16. The third-order valence-electron chi connectivity index (χ3n) is 26.2. The maximum Gasteiger partial charge on any atom is 0.194 e. The predicted octanol–water partition coefficient (Wildman–Crippen LogP) is 22.4. The van der Waals surface area contributed by atoms with Crippen LogP contribution < -0.4 is 35.4 Å². The van der Waals surface area contributed by atoms with Crippen LogP contribution in [0.4, 0.5) is 51.2 Å². The second kappa shape index (κ2) is 19.9. The quantitative estimate of drug-likeness (QED) is 0.163. The Hall–Kier alpha value is -12.9. The molecule has 0 saturated carbocycles. The highest BCUT2D eigenvalue weighted by atomic mass is 28.3. The highest BCUT2D eigenvalue weighted by Crippen LogP contribution is 2.68. The van der Waals surface area contributed by atoms with E-state index in [1.807, 2.05) is 0 Å². The van der Waals surface area contributed by atoms with Gasteiger partial charge in [-0.2, -0.15) is 0 Å². The number of hydrogen-bond acceptors (Lipinski definition) is 3. The molecule has 0 radical (unpaired) electrons. The molecule has 0 fully saturated rings. The van der Waals surface area contributed by atoms with Crippen molar-refractivity contribution in [2.45, 2.75) is 37.0 Å². The second-order valence-corrected chi connectivity index (χ2v) is 34.6. The fraction of sp³-hybridized carbons (Fsp3) is 0.0588. The standard InChI is InChI=1S/C102H65N3Si/c1-60-51-91-97-92(52-60)104(64-46-49-77-74-34-14-23-43-86(74)101(89(77)58-64)81-38-18-9-29-69(81)70-30-10-19-39-82(70)101)94-54-62(3)56-96-99(94)106(97,66-25-5-4-6-26-66)98-93(103(91)63-45-48-76-73-33-13-22-42-85(73)100(88(76)57-63)79-36-16-7-27-67(79)68-28-8-17-37-80(68)100)53-61(2)55-95(98)105(96)65-47-50-78-75-35-15-24-44-87(75)102(90(78)59-65)83-40-20-11-31-71(83)72-32-12-21-41-84(72)102/h4-59H,1-3H3. The van der Waals surface area contributed by atoms with Gasteiger partial charge >= 0.3 is 0 Å². The van der Waals surface area contributed by atoms with Gasteiger partial charge in [-0.3, -0.25) is 0 Å². The van der Waals surface area contributed by atoms with Gasteiger partial charge in [0, 0.05) is 66.7 Å². The van der Waals surface area contributed by atoms with Crippen LogP contribution in [0.3, 0.4) is 0 Å². The first-order valence-electron chi connectivity index (χ1n) is 37.5. The SMILES string of the molecule is Cc1cc2c3c(c1)N(c1ccc4c(c1)C1(c5ccccc5-c5ccccc51)c1ccccc1-4)c1cc(C)cc4c1[Si]3(c1ccccc1)c1c(cc(C)cc1N4c1ccc3c(c1)C1(c4ccccc4-c4ccccc41)c1ccccc1-3)N2c1ccc2c(c1)C1(c3ccccc3-c3ccccc31)c1ccccc1-2. The van der Waals surface area contributed by atoms with Crippen LogP contribution in [0.15, 0.2) is 340 Å². The van der Waals surface area contributed by atoms with E-state index >= 15 is 0 Å². The van der Waals surface area contributed by atoms with Gasteiger partial charge in [0.2, 0.25) is 0 Å².